The van der Waals surface area contributed by atoms with Gasteiger partial charge in [-0.25, -0.2) is 4.98 Å². The lowest BCUT2D eigenvalue weighted by Crippen LogP contribution is -1.97. The van der Waals surface area contributed by atoms with Crippen molar-refractivity contribution in [3.8, 4) is 22.9 Å². The average Bonchev–Trinajstić information content (AvgIpc) is 3.23. The summed E-state index contributed by atoms with van der Waals surface area (Å²) >= 11 is 3.46. The smallest absolute Gasteiger partial charge is 0.168 e. The van der Waals surface area contributed by atoms with Gasteiger partial charge in [-0.05, 0) is 43.2 Å². The zero-order chi connectivity index (χ0) is 14.6. The number of phenols is 2. The maximum atomic E-state index is 10.1. The van der Waals surface area contributed by atoms with E-state index >= 15 is 0 Å². The summed E-state index contributed by atoms with van der Waals surface area (Å²) in [6, 6.07) is 11.4. The molecule has 0 aliphatic heterocycles. The minimum absolute atomic E-state index is 0.117. The Labute approximate surface area is 129 Å². The monoisotopic (exact) mass is 344 g/mol. The van der Waals surface area contributed by atoms with Crippen molar-refractivity contribution in [2.75, 3.05) is 0 Å². The van der Waals surface area contributed by atoms with Crippen LogP contribution in [-0.2, 0) is 0 Å². The molecule has 21 heavy (non-hydrogen) atoms. The third-order valence-electron chi connectivity index (χ3n) is 3.82. The highest BCUT2D eigenvalue weighted by Crippen LogP contribution is 2.44. The van der Waals surface area contributed by atoms with Crippen LogP contribution in [0.3, 0.4) is 0 Å². The minimum atomic E-state index is -0.122. The highest BCUT2D eigenvalue weighted by Gasteiger charge is 2.29. The number of rotatable bonds is 2. The summed E-state index contributed by atoms with van der Waals surface area (Å²) in [6.45, 7) is 0. The third kappa shape index (κ3) is 2.00. The van der Waals surface area contributed by atoms with E-state index in [1.807, 2.05) is 18.2 Å². The molecule has 106 valence electrons. The third-order valence-corrected chi connectivity index (χ3v) is 4.31. The molecule has 0 spiro atoms. The van der Waals surface area contributed by atoms with E-state index in [2.05, 4.69) is 25.5 Å². The Morgan fingerprint density at radius 3 is 2.71 bits per heavy atom. The first-order chi connectivity index (χ1) is 10.1. The Balaban J connectivity index is 2.03. The molecule has 0 saturated heterocycles. The number of hydrogen-bond donors (Lipinski definition) is 2. The number of aromatic hydroxyl groups is 2. The molecule has 1 saturated carbocycles. The normalized spacial score (nSPS) is 14.7. The van der Waals surface area contributed by atoms with Gasteiger partial charge >= 0.3 is 0 Å². The molecule has 1 aromatic heterocycles. The molecule has 5 heteroatoms. The second-order valence-electron chi connectivity index (χ2n) is 5.34. The zero-order valence-corrected chi connectivity index (χ0v) is 12.7. The number of nitrogens with zero attached hydrogens (tertiary/aromatic N) is 2. The van der Waals surface area contributed by atoms with Crippen molar-refractivity contribution in [2.24, 2.45) is 0 Å². The fourth-order valence-corrected chi connectivity index (χ4v) is 3.03. The second-order valence-corrected chi connectivity index (χ2v) is 6.26. The van der Waals surface area contributed by atoms with Gasteiger partial charge in [-0.1, -0.05) is 22.0 Å². The molecule has 4 rings (SSSR count). The Hall–Kier alpha value is -2.01. The highest BCUT2D eigenvalue weighted by atomic mass is 79.9. The fourth-order valence-electron chi connectivity index (χ4n) is 2.68. The predicted molar refractivity (Wildman–Crippen MR) is 84.5 cm³/mol. The van der Waals surface area contributed by atoms with Gasteiger partial charge in [-0.3, -0.25) is 0 Å². The molecule has 2 aromatic carbocycles. The maximum absolute atomic E-state index is 10.1. The van der Waals surface area contributed by atoms with E-state index in [1.54, 1.807) is 12.1 Å². The summed E-state index contributed by atoms with van der Waals surface area (Å²) in [6.07, 6.45) is 2.24. The molecule has 0 amide bonds. The van der Waals surface area contributed by atoms with Crippen molar-refractivity contribution in [1.29, 1.82) is 0 Å². The highest BCUT2D eigenvalue weighted by molar-refractivity contribution is 9.10. The molecular formula is C16H13BrN2O2. The molecule has 3 aromatic rings. The molecule has 0 bridgehead atoms. The fraction of sp³-hybridized carbons (Fsp3) is 0.188. The van der Waals surface area contributed by atoms with Gasteiger partial charge in [0.15, 0.2) is 11.5 Å². The summed E-state index contributed by atoms with van der Waals surface area (Å²) < 4.78 is 3.14. The van der Waals surface area contributed by atoms with E-state index in [9.17, 15) is 10.2 Å². The van der Waals surface area contributed by atoms with Crippen LogP contribution < -0.4 is 0 Å². The van der Waals surface area contributed by atoms with E-state index in [4.69, 9.17) is 0 Å². The van der Waals surface area contributed by atoms with Crippen LogP contribution in [0.2, 0.25) is 0 Å². The number of halogens is 1. The largest absolute Gasteiger partial charge is 0.504 e. The topological polar surface area (TPSA) is 58.3 Å². The molecule has 4 nitrogen and oxygen atoms in total. The van der Waals surface area contributed by atoms with E-state index in [0.29, 0.717) is 17.4 Å². The van der Waals surface area contributed by atoms with Gasteiger partial charge in [-0.15, -0.1) is 0 Å². The van der Waals surface area contributed by atoms with E-state index < -0.39 is 0 Å². The molecule has 1 heterocycles. The number of aromatic nitrogens is 2. The number of phenolic OH excluding ortho intramolecular Hbond substituents is 2. The van der Waals surface area contributed by atoms with Gasteiger partial charge in [0.25, 0.3) is 0 Å². The van der Waals surface area contributed by atoms with Crippen LogP contribution in [0.15, 0.2) is 40.9 Å². The van der Waals surface area contributed by atoms with Crippen LogP contribution in [0.4, 0.5) is 0 Å². The Morgan fingerprint density at radius 2 is 1.95 bits per heavy atom. The Morgan fingerprint density at radius 1 is 1.14 bits per heavy atom. The summed E-state index contributed by atoms with van der Waals surface area (Å²) in [5, 5.41) is 19.9. The quantitative estimate of drug-likeness (QED) is 0.684. The molecule has 0 radical (unpaired) electrons. The first-order valence-electron chi connectivity index (χ1n) is 6.84. The lowest BCUT2D eigenvalue weighted by atomic mass is 10.1. The van der Waals surface area contributed by atoms with E-state index in [1.165, 1.54) is 6.07 Å². The maximum Gasteiger partial charge on any atom is 0.168 e. The number of para-hydroxylation sites is 1. The van der Waals surface area contributed by atoms with Gasteiger partial charge in [0.2, 0.25) is 0 Å². The number of fused-ring (bicyclic) bond motifs is 1. The van der Waals surface area contributed by atoms with Gasteiger partial charge in [0.1, 0.15) is 5.82 Å². The van der Waals surface area contributed by atoms with Crippen LogP contribution >= 0.6 is 15.9 Å². The lowest BCUT2D eigenvalue weighted by molar-refractivity contribution is 0.404. The first kappa shape index (κ1) is 12.7. The summed E-state index contributed by atoms with van der Waals surface area (Å²) in [5.41, 5.74) is 2.50. The molecule has 0 unspecified atom stereocenters. The zero-order valence-electron chi connectivity index (χ0n) is 11.1. The number of imidazole rings is 1. The number of hydrogen-bond acceptors (Lipinski definition) is 3. The SMILES string of the molecule is Oc1cccc(-c2nc3cc(Br)ccc3n2C2CC2)c1O. The van der Waals surface area contributed by atoms with Crippen LogP contribution in [0, 0.1) is 0 Å². The molecule has 2 N–H and O–H groups in total. The second kappa shape index (κ2) is 4.49. The van der Waals surface area contributed by atoms with Crippen LogP contribution in [0.1, 0.15) is 18.9 Å². The van der Waals surface area contributed by atoms with Crippen molar-refractivity contribution in [3.05, 3.63) is 40.9 Å². The first-order valence-corrected chi connectivity index (χ1v) is 7.63. The molecule has 1 aliphatic carbocycles. The lowest BCUT2D eigenvalue weighted by Gasteiger charge is -2.09. The van der Waals surface area contributed by atoms with Gasteiger partial charge in [-0.2, -0.15) is 0 Å². The minimum Gasteiger partial charge on any atom is -0.504 e. The van der Waals surface area contributed by atoms with Crippen LogP contribution in [0.25, 0.3) is 22.4 Å². The van der Waals surface area contributed by atoms with Gasteiger partial charge in [0.05, 0.1) is 16.6 Å². The van der Waals surface area contributed by atoms with Crippen LogP contribution in [-0.4, -0.2) is 19.8 Å². The number of benzene rings is 2. The molecular weight excluding hydrogens is 332 g/mol. The summed E-state index contributed by atoms with van der Waals surface area (Å²) in [4.78, 5) is 4.67. The predicted octanol–water partition coefficient (Wildman–Crippen LogP) is 4.21. The summed E-state index contributed by atoms with van der Waals surface area (Å²) in [5.74, 6) is 0.468. The van der Waals surface area contributed by atoms with Crippen molar-refractivity contribution in [3.63, 3.8) is 0 Å². The Kier molecular flexibility index (Phi) is 2.72. The average molecular weight is 345 g/mol. The standard InChI is InChI=1S/C16H13BrN2O2/c17-9-4-7-13-12(8-9)18-16(19(13)10-5-6-10)11-2-1-3-14(20)15(11)21/h1-4,7-8,10,20-21H,5-6H2. The summed E-state index contributed by atoms with van der Waals surface area (Å²) in [7, 11) is 0. The van der Waals surface area contributed by atoms with Crippen molar-refractivity contribution in [1.82, 2.24) is 9.55 Å². The molecule has 1 aliphatic rings. The van der Waals surface area contributed by atoms with Crippen LogP contribution in [0.5, 0.6) is 11.5 Å². The molecule has 1 fully saturated rings. The molecule has 0 atom stereocenters. The van der Waals surface area contributed by atoms with Gasteiger partial charge < -0.3 is 14.8 Å². The van der Waals surface area contributed by atoms with Crippen molar-refractivity contribution < 1.29 is 10.2 Å². The Bertz CT molecular complexity index is 853. The van der Waals surface area contributed by atoms with Gasteiger partial charge in [0, 0.05) is 10.5 Å². The van der Waals surface area contributed by atoms with E-state index in [-0.39, 0.29) is 11.5 Å². The van der Waals surface area contributed by atoms with Crippen molar-refractivity contribution >= 4 is 27.0 Å². The van der Waals surface area contributed by atoms with E-state index in [0.717, 1.165) is 28.3 Å². The van der Waals surface area contributed by atoms with Crippen molar-refractivity contribution in [2.45, 2.75) is 18.9 Å².